The van der Waals surface area contributed by atoms with Gasteiger partial charge in [-0.15, -0.1) is 5.10 Å². The number of hydrogen-bond acceptors (Lipinski definition) is 7. The summed E-state index contributed by atoms with van der Waals surface area (Å²) in [5, 5.41) is 14.6. The minimum absolute atomic E-state index is 0.0638. The third-order valence-corrected chi connectivity index (χ3v) is 6.87. The Balaban J connectivity index is 1.61. The van der Waals surface area contributed by atoms with E-state index in [1.807, 2.05) is 37.3 Å². The summed E-state index contributed by atoms with van der Waals surface area (Å²) in [7, 11) is 1.57. The maximum atomic E-state index is 14.0. The summed E-state index contributed by atoms with van der Waals surface area (Å²) in [6.45, 7) is 1.90. The van der Waals surface area contributed by atoms with Gasteiger partial charge in [0.2, 0.25) is 5.91 Å². The zero-order chi connectivity index (χ0) is 26.5. The fourth-order valence-electron chi connectivity index (χ4n) is 4.98. The minimum atomic E-state index is -0.970. The first-order valence-electron chi connectivity index (χ1n) is 12.7. The van der Waals surface area contributed by atoms with Crippen LogP contribution in [-0.2, 0) is 4.79 Å². The second-order valence-electron chi connectivity index (χ2n) is 9.40. The van der Waals surface area contributed by atoms with Gasteiger partial charge in [-0.2, -0.15) is 0 Å². The lowest BCUT2D eigenvalue weighted by molar-refractivity contribution is -0.123. The first-order chi connectivity index (χ1) is 18.5. The normalized spacial score (nSPS) is 14.6. The Kier molecular flexibility index (Phi) is 7.48. The molecular weight excluding hydrogens is 484 g/mol. The summed E-state index contributed by atoms with van der Waals surface area (Å²) < 4.78 is 12.5. The standard InChI is InChI=1S/C28H30N6O4/c1-19-16-22(13-14-24(19)33-18-29-31-32-33)34(28(36)25-12-7-15-38-25)26(20-8-6-11-23(17-20)37-2)27(35)30-21-9-4-3-5-10-21/h6-8,11-18,21,26H,3-5,9-10H2,1-2H3,(H,30,35)/t26-/m1/s1. The third kappa shape index (κ3) is 5.29. The summed E-state index contributed by atoms with van der Waals surface area (Å²) in [6.07, 6.45) is 8.10. The Morgan fingerprint density at radius 2 is 1.95 bits per heavy atom. The van der Waals surface area contributed by atoms with E-state index in [0.717, 1.165) is 36.9 Å². The van der Waals surface area contributed by atoms with Crippen molar-refractivity contribution in [2.24, 2.45) is 0 Å². The molecule has 0 saturated heterocycles. The molecule has 5 rings (SSSR count). The lowest BCUT2D eigenvalue weighted by Crippen LogP contribution is -2.47. The number of aromatic nitrogens is 4. The van der Waals surface area contributed by atoms with Crippen LogP contribution in [0.5, 0.6) is 5.75 Å². The molecule has 0 aliphatic heterocycles. The molecule has 2 heterocycles. The average Bonchev–Trinajstić information content (AvgIpc) is 3.67. The van der Waals surface area contributed by atoms with Crippen LogP contribution in [0.15, 0.2) is 71.6 Å². The number of carbonyl (C=O) groups is 2. The SMILES string of the molecule is COc1cccc([C@H](C(=O)NC2CCCCC2)N(C(=O)c2ccco2)c2ccc(-n3cnnn3)c(C)c2)c1. The number of tetrazole rings is 1. The molecule has 10 nitrogen and oxygen atoms in total. The molecule has 1 fully saturated rings. The van der Waals surface area contributed by atoms with Crippen LogP contribution >= 0.6 is 0 Å². The molecule has 1 aliphatic rings. The van der Waals surface area contributed by atoms with Crippen LogP contribution in [0, 0.1) is 6.92 Å². The van der Waals surface area contributed by atoms with E-state index in [2.05, 4.69) is 20.8 Å². The summed E-state index contributed by atoms with van der Waals surface area (Å²) in [5.74, 6) is 0.0302. The van der Waals surface area contributed by atoms with E-state index in [1.165, 1.54) is 23.9 Å². The van der Waals surface area contributed by atoms with Gasteiger partial charge in [-0.25, -0.2) is 4.68 Å². The summed E-state index contributed by atoms with van der Waals surface area (Å²) in [6, 6.07) is 15.0. The third-order valence-electron chi connectivity index (χ3n) is 6.87. The van der Waals surface area contributed by atoms with Crippen molar-refractivity contribution in [3.05, 3.63) is 84.1 Å². The van der Waals surface area contributed by atoms with Crippen molar-refractivity contribution >= 4 is 17.5 Å². The number of ether oxygens (including phenoxy) is 1. The second-order valence-corrected chi connectivity index (χ2v) is 9.40. The number of carbonyl (C=O) groups excluding carboxylic acids is 2. The zero-order valence-corrected chi connectivity index (χ0v) is 21.4. The molecule has 0 radical (unpaired) electrons. The Morgan fingerprint density at radius 3 is 2.63 bits per heavy atom. The van der Waals surface area contributed by atoms with Crippen molar-refractivity contribution in [2.45, 2.75) is 51.1 Å². The van der Waals surface area contributed by atoms with Gasteiger partial charge in [-0.05, 0) is 83.8 Å². The van der Waals surface area contributed by atoms with Crippen LogP contribution in [0.3, 0.4) is 0 Å². The van der Waals surface area contributed by atoms with Gasteiger partial charge in [0.25, 0.3) is 5.91 Å². The fourth-order valence-corrected chi connectivity index (χ4v) is 4.98. The number of rotatable bonds is 8. The number of nitrogens with one attached hydrogen (secondary N) is 1. The first-order valence-corrected chi connectivity index (χ1v) is 12.7. The molecule has 1 saturated carbocycles. The van der Waals surface area contributed by atoms with Gasteiger partial charge in [0, 0.05) is 11.7 Å². The number of methoxy groups -OCH3 is 1. The van der Waals surface area contributed by atoms with Crippen molar-refractivity contribution in [1.29, 1.82) is 0 Å². The Bertz CT molecular complexity index is 1380. The molecule has 2 amide bonds. The molecule has 2 aromatic heterocycles. The highest BCUT2D eigenvalue weighted by Crippen LogP contribution is 2.33. The Morgan fingerprint density at radius 1 is 1.11 bits per heavy atom. The topological polar surface area (TPSA) is 115 Å². The Hall–Kier alpha value is -4.47. The molecule has 1 aliphatic carbocycles. The lowest BCUT2D eigenvalue weighted by atomic mass is 9.94. The van der Waals surface area contributed by atoms with Crippen molar-refractivity contribution in [1.82, 2.24) is 25.5 Å². The minimum Gasteiger partial charge on any atom is -0.497 e. The maximum absolute atomic E-state index is 14.0. The molecule has 0 spiro atoms. The molecule has 2 aromatic carbocycles. The van der Waals surface area contributed by atoms with Crippen LogP contribution < -0.4 is 15.0 Å². The highest BCUT2D eigenvalue weighted by atomic mass is 16.5. The van der Waals surface area contributed by atoms with Gasteiger partial charge in [0.05, 0.1) is 19.1 Å². The molecule has 0 unspecified atom stereocenters. The van der Waals surface area contributed by atoms with Crippen molar-refractivity contribution < 1.29 is 18.7 Å². The first kappa shape index (κ1) is 25.2. The largest absolute Gasteiger partial charge is 0.497 e. The number of anilines is 1. The maximum Gasteiger partial charge on any atom is 0.294 e. The van der Waals surface area contributed by atoms with Crippen LogP contribution in [0.25, 0.3) is 5.69 Å². The van der Waals surface area contributed by atoms with E-state index >= 15 is 0 Å². The average molecular weight is 515 g/mol. The predicted molar refractivity (Wildman–Crippen MR) is 140 cm³/mol. The van der Waals surface area contributed by atoms with Gasteiger partial charge < -0.3 is 14.5 Å². The molecule has 38 heavy (non-hydrogen) atoms. The summed E-state index contributed by atoms with van der Waals surface area (Å²) in [4.78, 5) is 29.5. The van der Waals surface area contributed by atoms with Gasteiger partial charge >= 0.3 is 0 Å². The lowest BCUT2D eigenvalue weighted by Gasteiger charge is -2.33. The van der Waals surface area contributed by atoms with Crippen LogP contribution in [0.1, 0.15) is 59.8 Å². The van der Waals surface area contributed by atoms with Gasteiger partial charge in [-0.3, -0.25) is 14.5 Å². The number of furan rings is 1. The molecule has 10 heteroatoms. The van der Waals surface area contributed by atoms with E-state index in [9.17, 15) is 9.59 Å². The molecule has 1 atom stereocenters. The van der Waals surface area contributed by atoms with Crippen LogP contribution in [0.2, 0.25) is 0 Å². The molecular formula is C28H30N6O4. The molecule has 1 N–H and O–H groups in total. The molecule has 0 bridgehead atoms. The van der Waals surface area contributed by atoms with E-state index < -0.39 is 11.9 Å². The Labute approximate surface area is 220 Å². The second kappa shape index (κ2) is 11.3. The number of amides is 2. The van der Waals surface area contributed by atoms with Gasteiger partial charge in [0.1, 0.15) is 18.1 Å². The summed E-state index contributed by atoms with van der Waals surface area (Å²) in [5.41, 5.74) is 2.74. The smallest absolute Gasteiger partial charge is 0.294 e. The number of benzene rings is 2. The number of nitrogens with zero attached hydrogens (tertiary/aromatic N) is 5. The van der Waals surface area contributed by atoms with Crippen molar-refractivity contribution in [3.8, 4) is 11.4 Å². The highest BCUT2D eigenvalue weighted by molar-refractivity contribution is 6.08. The zero-order valence-electron chi connectivity index (χ0n) is 21.4. The van der Waals surface area contributed by atoms with Gasteiger partial charge in [-0.1, -0.05) is 31.4 Å². The predicted octanol–water partition coefficient (Wildman–Crippen LogP) is 4.41. The number of aryl methyl sites for hydroxylation is 1. The van der Waals surface area contributed by atoms with E-state index in [1.54, 1.807) is 36.1 Å². The van der Waals surface area contributed by atoms with Crippen LogP contribution in [0.4, 0.5) is 5.69 Å². The quantitative estimate of drug-likeness (QED) is 0.370. The van der Waals surface area contributed by atoms with Crippen LogP contribution in [-0.4, -0.2) is 45.2 Å². The van der Waals surface area contributed by atoms with Gasteiger partial charge in [0.15, 0.2) is 5.76 Å². The van der Waals surface area contributed by atoms with E-state index in [-0.39, 0.29) is 17.7 Å². The molecule has 196 valence electrons. The molecule has 4 aromatic rings. The monoisotopic (exact) mass is 514 g/mol. The van der Waals surface area contributed by atoms with E-state index in [0.29, 0.717) is 17.0 Å². The summed E-state index contributed by atoms with van der Waals surface area (Å²) >= 11 is 0. The van der Waals surface area contributed by atoms with E-state index in [4.69, 9.17) is 9.15 Å². The highest BCUT2D eigenvalue weighted by Gasteiger charge is 2.36. The van der Waals surface area contributed by atoms with Crippen molar-refractivity contribution in [2.75, 3.05) is 12.0 Å². The fraction of sp³-hybridized carbons (Fsp3) is 0.321. The number of hydrogen-bond donors (Lipinski definition) is 1. The van der Waals surface area contributed by atoms with Crippen molar-refractivity contribution in [3.63, 3.8) is 0 Å².